The number of hydrogen-bond donors (Lipinski definition) is 3. The van der Waals surface area contributed by atoms with Gasteiger partial charge in [-0.25, -0.2) is 0 Å². The van der Waals surface area contributed by atoms with E-state index >= 15 is 0 Å². The van der Waals surface area contributed by atoms with Crippen LogP contribution in [0.2, 0.25) is 0 Å². The standard InChI is InChI=1S/C24H24N4O3/c25-23(30)16-12-18-20(19(29)13-16)21(27-17-4-2-1-3-5-17)22(15-6-10-26-11-7-15)28(18)14-24(31)8-9-24/h1-7,10-11,16,27,31H,8-9,12-14H2,(H2,25,30). The molecule has 3 aromatic rings. The Balaban J connectivity index is 1.75. The topological polar surface area (TPSA) is 110 Å². The number of aliphatic hydroxyl groups is 1. The molecule has 2 heterocycles. The Bertz CT molecular complexity index is 1150. The third-order valence-corrected chi connectivity index (χ3v) is 6.20. The molecule has 2 aromatic heterocycles. The molecule has 2 aliphatic rings. The van der Waals surface area contributed by atoms with Gasteiger partial charge in [-0.3, -0.25) is 14.6 Å². The zero-order valence-corrected chi connectivity index (χ0v) is 17.0. The van der Waals surface area contributed by atoms with Crippen molar-refractivity contribution >= 4 is 23.1 Å². The number of nitrogens with zero attached hydrogens (tertiary/aromatic N) is 2. The number of hydrogen-bond acceptors (Lipinski definition) is 5. The molecule has 2 aliphatic carbocycles. The van der Waals surface area contributed by atoms with Crippen LogP contribution in [0, 0.1) is 5.92 Å². The van der Waals surface area contributed by atoms with Crippen LogP contribution in [0.3, 0.4) is 0 Å². The average Bonchev–Trinajstić information content (AvgIpc) is 3.42. The van der Waals surface area contributed by atoms with E-state index in [-0.39, 0.29) is 12.2 Å². The zero-order chi connectivity index (χ0) is 21.6. The Hall–Kier alpha value is -3.45. The molecule has 0 bridgehead atoms. The van der Waals surface area contributed by atoms with Gasteiger partial charge in [-0.2, -0.15) is 0 Å². The maximum Gasteiger partial charge on any atom is 0.221 e. The number of nitrogens with one attached hydrogen (secondary N) is 1. The van der Waals surface area contributed by atoms with Crippen molar-refractivity contribution in [1.29, 1.82) is 0 Å². The van der Waals surface area contributed by atoms with Crippen molar-refractivity contribution in [1.82, 2.24) is 9.55 Å². The number of nitrogens with two attached hydrogens (primary N) is 1. The number of carbonyl (C=O) groups excluding carboxylic acids is 2. The highest BCUT2D eigenvalue weighted by molar-refractivity contribution is 6.09. The lowest BCUT2D eigenvalue weighted by atomic mass is 9.85. The smallest absolute Gasteiger partial charge is 0.221 e. The normalized spacial score (nSPS) is 19.0. The number of aromatic nitrogens is 2. The second-order valence-corrected chi connectivity index (χ2v) is 8.51. The van der Waals surface area contributed by atoms with Crippen LogP contribution >= 0.6 is 0 Å². The minimum absolute atomic E-state index is 0.0931. The zero-order valence-electron chi connectivity index (χ0n) is 17.0. The van der Waals surface area contributed by atoms with Gasteiger partial charge in [0.15, 0.2) is 5.78 Å². The molecule has 0 saturated heterocycles. The summed E-state index contributed by atoms with van der Waals surface area (Å²) in [5.41, 5.74) is 9.38. The van der Waals surface area contributed by atoms with Crippen LogP contribution in [0.5, 0.6) is 0 Å². The first-order chi connectivity index (χ1) is 15.0. The number of ketones is 1. The summed E-state index contributed by atoms with van der Waals surface area (Å²) in [6.45, 7) is 0.363. The number of Topliss-reactive ketones (excluding diaryl/α,β-unsaturated/α-hetero) is 1. The maximum atomic E-state index is 13.3. The van der Waals surface area contributed by atoms with Gasteiger partial charge in [0, 0.05) is 42.2 Å². The Morgan fingerprint density at radius 2 is 1.87 bits per heavy atom. The van der Waals surface area contributed by atoms with Gasteiger partial charge in [0.1, 0.15) is 0 Å². The van der Waals surface area contributed by atoms with E-state index in [1.165, 1.54) is 0 Å². The average molecular weight is 416 g/mol. The van der Waals surface area contributed by atoms with Crippen LogP contribution < -0.4 is 11.1 Å². The SMILES string of the molecule is NC(=O)C1CC(=O)c2c(Nc3ccccc3)c(-c3ccncc3)n(CC3(O)CC3)c2C1. The van der Waals surface area contributed by atoms with E-state index in [2.05, 4.69) is 10.3 Å². The lowest BCUT2D eigenvalue weighted by Gasteiger charge is -2.23. The second-order valence-electron chi connectivity index (χ2n) is 8.51. The van der Waals surface area contributed by atoms with E-state index in [1.54, 1.807) is 12.4 Å². The highest BCUT2D eigenvalue weighted by Crippen LogP contribution is 2.45. The number of anilines is 2. The number of primary amides is 1. The summed E-state index contributed by atoms with van der Waals surface area (Å²) in [5.74, 6) is -1.13. The number of amides is 1. The molecule has 1 saturated carbocycles. The van der Waals surface area contributed by atoms with E-state index < -0.39 is 17.4 Å². The van der Waals surface area contributed by atoms with Crippen molar-refractivity contribution in [2.75, 3.05) is 5.32 Å². The van der Waals surface area contributed by atoms with Gasteiger partial charge in [-0.1, -0.05) is 18.2 Å². The van der Waals surface area contributed by atoms with Crippen LogP contribution in [-0.2, 0) is 17.8 Å². The number of para-hydroxylation sites is 1. The van der Waals surface area contributed by atoms with Gasteiger partial charge >= 0.3 is 0 Å². The number of benzene rings is 1. The molecule has 7 nitrogen and oxygen atoms in total. The molecule has 5 rings (SSSR count). The molecule has 0 aliphatic heterocycles. The van der Waals surface area contributed by atoms with Crippen molar-refractivity contribution in [2.24, 2.45) is 11.7 Å². The van der Waals surface area contributed by atoms with Crippen LogP contribution in [0.25, 0.3) is 11.3 Å². The molecular weight excluding hydrogens is 392 g/mol. The highest BCUT2D eigenvalue weighted by Gasteiger charge is 2.44. The number of rotatable bonds is 6. The highest BCUT2D eigenvalue weighted by atomic mass is 16.3. The molecule has 158 valence electrons. The lowest BCUT2D eigenvalue weighted by Crippen LogP contribution is -2.33. The van der Waals surface area contributed by atoms with Gasteiger partial charge in [-0.15, -0.1) is 0 Å². The van der Waals surface area contributed by atoms with Crippen LogP contribution in [0.4, 0.5) is 11.4 Å². The maximum absolute atomic E-state index is 13.3. The number of fused-ring (bicyclic) bond motifs is 1. The van der Waals surface area contributed by atoms with Gasteiger partial charge in [0.2, 0.25) is 5.91 Å². The second kappa shape index (κ2) is 7.35. The summed E-state index contributed by atoms with van der Waals surface area (Å²) >= 11 is 0. The molecule has 1 unspecified atom stereocenters. The minimum Gasteiger partial charge on any atom is -0.388 e. The molecule has 31 heavy (non-hydrogen) atoms. The van der Waals surface area contributed by atoms with Crippen LogP contribution in [0.1, 0.15) is 35.3 Å². The Labute approximate surface area is 179 Å². The molecule has 4 N–H and O–H groups in total. The minimum atomic E-state index is -0.790. The van der Waals surface area contributed by atoms with Crippen molar-refractivity contribution in [3.05, 3.63) is 66.1 Å². The van der Waals surface area contributed by atoms with Crippen molar-refractivity contribution < 1.29 is 14.7 Å². The quantitative estimate of drug-likeness (QED) is 0.572. The van der Waals surface area contributed by atoms with E-state index in [4.69, 9.17) is 5.73 Å². The Morgan fingerprint density at radius 1 is 1.16 bits per heavy atom. The predicted octanol–water partition coefficient (Wildman–Crippen LogP) is 3.05. The van der Waals surface area contributed by atoms with Crippen molar-refractivity contribution in [3.63, 3.8) is 0 Å². The van der Waals surface area contributed by atoms with E-state index in [0.717, 1.165) is 22.6 Å². The van der Waals surface area contributed by atoms with Crippen LogP contribution in [0.15, 0.2) is 54.9 Å². The third-order valence-electron chi connectivity index (χ3n) is 6.20. The molecule has 1 atom stereocenters. The molecule has 7 heteroatoms. The molecule has 1 amide bonds. The molecule has 1 aromatic carbocycles. The Kier molecular flexibility index (Phi) is 4.63. The first kappa shape index (κ1) is 19.5. The monoisotopic (exact) mass is 416 g/mol. The van der Waals surface area contributed by atoms with Crippen molar-refractivity contribution in [3.8, 4) is 11.3 Å². The summed E-state index contributed by atoms with van der Waals surface area (Å²) in [6.07, 6.45) is 5.31. The molecule has 0 spiro atoms. The fourth-order valence-corrected chi connectivity index (χ4v) is 4.38. The predicted molar refractivity (Wildman–Crippen MR) is 117 cm³/mol. The molecule has 0 radical (unpaired) electrons. The van der Waals surface area contributed by atoms with Crippen LogP contribution in [-0.4, -0.2) is 31.9 Å². The van der Waals surface area contributed by atoms with Crippen molar-refractivity contribution in [2.45, 2.75) is 37.8 Å². The lowest BCUT2D eigenvalue weighted by molar-refractivity contribution is -0.121. The third kappa shape index (κ3) is 3.61. The fourth-order valence-electron chi connectivity index (χ4n) is 4.38. The van der Waals surface area contributed by atoms with Gasteiger partial charge in [0.05, 0.1) is 35.0 Å². The first-order valence-electron chi connectivity index (χ1n) is 10.5. The van der Waals surface area contributed by atoms with Gasteiger partial charge in [0.25, 0.3) is 0 Å². The fraction of sp³-hybridized carbons (Fsp3) is 0.292. The molecule has 1 fully saturated rings. The summed E-state index contributed by atoms with van der Waals surface area (Å²) in [7, 11) is 0. The summed E-state index contributed by atoms with van der Waals surface area (Å²) in [4.78, 5) is 29.3. The molecular formula is C24H24N4O3. The van der Waals surface area contributed by atoms with E-state index in [1.807, 2.05) is 47.0 Å². The van der Waals surface area contributed by atoms with Gasteiger partial charge in [-0.05, 0) is 37.1 Å². The largest absolute Gasteiger partial charge is 0.388 e. The number of carbonyl (C=O) groups is 2. The summed E-state index contributed by atoms with van der Waals surface area (Å²) in [6, 6.07) is 13.4. The summed E-state index contributed by atoms with van der Waals surface area (Å²) < 4.78 is 2.01. The van der Waals surface area contributed by atoms with E-state index in [0.29, 0.717) is 37.1 Å². The van der Waals surface area contributed by atoms with Gasteiger partial charge < -0.3 is 20.7 Å². The Morgan fingerprint density at radius 3 is 2.52 bits per heavy atom. The number of pyridine rings is 1. The first-order valence-corrected chi connectivity index (χ1v) is 10.5. The van der Waals surface area contributed by atoms with E-state index in [9.17, 15) is 14.7 Å². The summed E-state index contributed by atoms with van der Waals surface area (Å²) in [5, 5.41) is 14.2.